The average Bonchev–Trinajstić information content (AvgIpc) is 2.30. The summed E-state index contributed by atoms with van der Waals surface area (Å²) < 4.78 is 0.433. The quantitative estimate of drug-likeness (QED) is 0.592. The van der Waals surface area contributed by atoms with E-state index in [2.05, 4.69) is 80.5 Å². The number of hydrogen-bond donors (Lipinski definition) is 0. The molecule has 0 aliphatic carbocycles. The molecule has 3 unspecified atom stereocenters. The van der Waals surface area contributed by atoms with Crippen LogP contribution in [-0.2, 0) is 0 Å². The first-order valence-electron chi connectivity index (χ1n) is 4.61. The largest absolute Gasteiger partial charge is 0.155 e. The highest BCUT2D eigenvalue weighted by atomic mass is 33.1. The average molecular weight is 303 g/mol. The molecule has 0 radical (unpaired) electrons. The lowest BCUT2D eigenvalue weighted by Gasteiger charge is -2.35. The van der Waals surface area contributed by atoms with Crippen LogP contribution < -0.4 is 0 Å². The zero-order valence-electron chi connectivity index (χ0n) is 8.23. The van der Waals surface area contributed by atoms with Gasteiger partial charge in [-0.2, -0.15) is 11.8 Å². The van der Waals surface area contributed by atoms with E-state index >= 15 is 0 Å². The molecule has 0 amide bonds. The van der Waals surface area contributed by atoms with Crippen molar-refractivity contribution in [3.8, 4) is 0 Å². The molecule has 0 aromatic rings. The third kappa shape index (κ3) is 3.29. The molecular weight excluding hydrogens is 288 g/mol. The van der Waals surface area contributed by atoms with Crippen molar-refractivity contribution in [2.45, 2.75) is 27.8 Å². The van der Waals surface area contributed by atoms with Crippen molar-refractivity contribution in [3.63, 3.8) is 0 Å². The minimum atomic E-state index is 0.433. The summed E-state index contributed by atoms with van der Waals surface area (Å²) in [7, 11) is 8.36. The highest BCUT2D eigenvalue weighted by Gasteiger charge is 2.40. The standard InChI is InChI=1S/C8H14S6/c1-6-3-10-13-8(5-9-6)12-7(2)4-11-14-8/h6-7H,3-5H2,1-2H3. The molecule has 2 fully saturated rings. The molecule has 6 heteroatoms. The molecule has 14 heavy (non-hydrogen) atoms. The van der Waals surface area contributed by atoms with E-state index in [0.29, 0.717) is 3.41 Å². The molecule has 0 aromatic carbocycles. The van der Waals surface area contributed by atoms with Crippen LogP contribution in [0.4, 0.5) is 0 Å². The van der Waals surface area contributed by atoms with Gasteiger partial charge in [0, 0.05) is 27.8 Å². The minimum absolute atomic E-state index is 0.433. The van der Waals surface area contributed by atoms with Crippen LogP contribution in [0.1, 0.15) is 13.8 Å². The van der Waals surface area contributed by atoms with Crippen molar-refractivity contribution in [1.82, 2.24) is 0 Å². The van der Waals surface area contributed by atoms with Crippen molar-refractivity contribution in [1.29, 1.82) is 0 Å². The van der Waals surface area contributed by atoms with Crippen molar-refractivity contribution in [2.75, 3.05) is 17.3 Å². The lowest BCUT2D eigenvalue weighted by atomic mass is 10.6. The summed E-state index contributed by atoms with van der Waals surface area (Å²) in [5.41, 5.74) is 0. The van der Waals surface area contributed by atoms with E-state index in [0.717, 1.165) is 10.5 Å². The molecule has 1 spiro atoms. The highest BCUT2D eigenvalue weighted by molar-refractivity contribution is 8.89. The third-order valence-electron chi connectivity index (χ3n) is 1.90. The number of rotatable bonds is 0. The summed E-state index contributed by atoms with van der Waals surface area (Å²) in [4.78, 5) is 0. The van der Waals surface area contributed by atoms with Crippen molar-refractivity contribution in [2.24, 2.45) is 0 Å². The number of thioether (sulfide) groups is 2. The second-order valence-electron chi connectivity index (χ2n) is 3.47. The molecule has 2 saturated heterocycles. The molecule has 2 heterocycles. The Morgan fingerprint density at radius 3 is 2.29 bits per heavy atom. The van der Waals surface area contributed by atoms with E-state index in [1.54, 1.807) is 0 Å². The van der Waals surface area contributed by atoms with Gasteiger partial charge in [0.1, 0.15) is 3.41 Å². The topological polar surface area (TPSA) is 0 Å². The van der Waals surface area contributed by atoms with E-state index in [1.165, 1.54) is 17.3 Å². The summed E-state index contributed by atoms with van der Waals surface area (Å²) in [5.74, 6) is 3.91. The zero-order chi connectivity index (χ0) is 10.0. The Morgan fingerprint density at radius 1 is 1.00 bits per heavy atom. The van der Waals surface area contributed by atoms with Gasteiger partial charge in [-0.05, 0) is 0 Å². The maximum atomic E-state index is 2.36. The number of hydrogen-bond acceptors (Lipinski definition) is 6. The molecule has 2 aliphatic heterocycles. The molecule has 0 N–H and O–H groups in total. The molecule has 3 atom stereocenters. The highest BCUT2D eigenvalue weighted by Crippen LogP contribution is 2.63. The van der Waals surface area contributed by atoms with Gasteiger partial charge in [0.05, 0.1) is 0 Å². The Bertz CT molecular complexity index is 198. The summed E-state index contributed by atoms with van der Waals surface area (Å²) in [6.07, 6.45) is 0. The van der Waals surface area contributed by atoms with Gasteiger partial charge < -0.3 is 0 Å². The Kier molecular flexibility index (Phi) is 5.04. The fourth-order valence-corrected chi connectivity index (χ4v) is 14.5. The van der Waals surface area contributed by atoms with E-state index < -0.39 is 0 Å². The van der Waals surface area contributed by atoms with Crippen molar-refractivity contribution < 1.29 is 0 Å². The van der Waals surface area contributed by atoms with Crippen LogP contribution in [0.3, 0.4) is 0 Å². The Labute approximate surface area is 111 Å². The summed E-state index contributed by atoms with van der Waals surface area (Å²) in [6.45, 7) is 4.72. The molecule has 0 nitrogen and oxygen atoms in total. The van der Waals surface area contributed by atoms with E-state index in [1.807, 2.05) is 0 Å². The zero-order valence-corrected chi connectivity index (χ0v) is 13.1. The molecule has 0 saturated carbocycles. The first-order chi connectivity index (χ1) is 6.70. The summed E-state index contributed by atoms with van der Waals surface area (Å²) in [6, 6.07) is 0. The SMILES string of the molecule is CC1CSSC2(CS1)SSCC(C)S2. The molecular formula is C8H14S6. The van der Waals surface area contributed by atoms with Crippen LogP contribution >= 0.6 is 66.7 Å². The van der Waals surface area contributed by atoms with Crippen LogP contribution in [0.15, 0.2) is 0 Å². The van der Waals surface area contributed by atoms with Gasteiger partial charge in [0.2, 0.25) is 0 Å². The predicted octanol–water partition coefficient (Wildman–Crippen LogP) is 4.67. The maximum absolute atomic E-state index is 2.36. The smallest absolute Gasteiger partial charge is 0.136 e. The second-order valence-corrected chi connectivity index (χ2v) is 12.7. The van der Waals surface area contributed by atoms with Crippen LogP contribution in [0.5, 0.6) is 0 Å². The van der Waals surface area contributed by atoms with Crippen LogP contribution in [0, 0.1) is 0 Å². The molecule has 82 valence electrons. The van der Waals surface area contributed by atoms with Gasteiger partial charge >= 0.3 is 0 Å². The molecule has 0 bridgehead atoms. The van der Waals surface area contributed by atoms with Gasteiger partial charge in [0.15, 0.2) is 0 Å². The fraction of sp³-hybridized carbons (Fsp3) is 1.00. The van der Waals surface area contributed by atoms with Crippen LogP contribution in [-0.4, -0.2) is 31.2 Å². The lowest BCUT2D eigenvalue weighted by Crippen LogP contribution is -2.24. The Balaban J connectivity index is 1.99. The molecule has 2 rings (SSSR count). The molecule has 0 aromatic heterocycles. The molecule has 2 aliphatic rings. The fourth-order valence-electron chi connectivity index (χ4n) is 1.21. The second kappa shape index (κ2) is 5.63. The van der Waals surface area contributed by atoms with E-state index in [-0.39, 0.29) is 0 Å². The summed E-state index contributed by atoms with van der Waals surface area (Å²) in [5, 5.41) is 1.65. The van der Waals surface area contributed by atoms with Crippen LogP contribution in [0.25, 0.3) is 0 Å². The van der Waals surface area contributed by atoms with E-state index in [9.17, 15) is 0 Å². The monoisotopic (exact) mass is 302 g/mol. The van der Waals surface area contributed by atoms with Gasteiger partial charge in [0.25, 0.3) is 0 Å². The Morgan fingerprint density at radius 2 is 1.64 bits per heavy atom. The van der Waals surface area contributed by atoms with Crippen LogP contribution in [0.2, 0.25) is 0 Å². The first-order valence-corrected chi connectivity index (χ1v) is 11.2. The lowest BCUT2D eigenvalue weighted by molar-refractivity contribution is 1.11. The van der Waals surface area contributed by atoms with Gasteiger partial charge in [-0.25, -0.2) is 0 Å². The summed E-state index contributed by atoms with van der Waals surface area (Å²) >= 11 is 4.34. The maximum Gasteiger partial charge on any atom is 0.136 e. The van der Waals surface area contributed by atoms with Gasteiger partial charge in [-0.3, -0.25) is 0 Å². The van der Waals surface area contributed by atoms with Gasteiger partial charge in [-0.1, -0.05) is 57.0 Å². The Hall–Kier alpha value is 2.10. The van der Waals surface area contributed by atoms with Crippen molar-refractivity contribution >= 4 is 66.7 Å². The third-order valence-corrected chi connectivity index (χ3v) is 13.7. The first kappa shape index (κ1) is 12.6. The van der Waals surface area contributed by atoms with Gasteiger partial charge in [-0.15, -0.1) is 11.8 Å². The normalized spacial score (nSPS) is 45.0. The minimum Gasteiger partial charge on any atom is -0.155 e. The predicted molar refractivity (Wildman–Crippen MR) is 81.8 cm³/mol. The van der Waals surface area contributed by atoms with Crippen molar-refractivity contribution in [3.05, 3.63) is 0 Å². The van der Waals surface area contributed by atoms with E-state index in [4.69, 9.17) is 0 Å².